The van der Waals surface area contributed by atoms with Crippen LogP contribution in [-0.2, 0) is 13.6 Å². The Morgan fingerprint density at radius 3 is 1.85 bits per heavy atom. The summed E-state index contributed by atoms with van der Waals surface area (Å²) in [5, 5.41) is 0. The van der Waals surface area contributed by atoms with Crippen LogP contribution in [0.4, 0.5) is 0 Å². The van der Waals surface area contributed by atoms with Gasteiger partial charge in [-0.1, -0.05) is 60.7 Å². The maximum absolute atomic E-state index is 13.4. The predicted octanol–water partition coefficient (Wildman–Crippen LogP) is 6.14. The third kappa shape index (κ3) is 6.29. The fraction of sp³-hybridized carbons (Fsp3) is 0.381. The van der Waals surface area contributed by atoms with Gasteiger partial charge in [-0.25, -0.2) is 0 Å². The summed E-state index contributed by atoms with van der Waals surface area (Å²) in [4.78, 5) is 4.91. The molecule has 0 aliphatic rings. The Morgan fingerprint density at radius 2 is 1.44 bits per heavy atom. The molecule has 2 rings (SSSR count). The lowest BCUT2D eigenvalue weighted by Crippen LogP contribution is -2.16. The third-order valence-corrected chi connectivity index (χ3v) is 6.56. The van der Waals surface area contributed by atoms with Crippen LogP contribution in [0.25, 0.3) is 0 Å². The van der Waals surface area contributed by atoms with Crippen LogP contribution in [0.2, 0.25) is 0 Å². The summed E-state index contributed by atoms with van der Waals surface area (Å²) in [5.74, 6) is -0.137. The number of nitrogens with zero attached hydrogens (tertiary/aromatic N) is 1. The lowest BCUT2D eigenvalue weighted by molar-refractivity contribution is 0.211. The first kappa shape index (κ1) is 21.8. The fourth-order valence-electron chi connectivity index (χ4n) is 2.78. The van der Waals surface area contributed by atoms with Crippen molar-refractivity contribution in [1.82, 2.24) is 0 Å². The molecule has 0 spiro atoms. The van der Waals surface area contributed by atoms with E-state index in [2.05, 4.69) is 0 Å². The van der Waals surface area contributed by atoms with Gasteiger partial charge in [0, 0.05) is 17.0 Å². The highest BCUT2D eigenvalue weighted by Crippen LogP contribution is 2.55. The van der Waals surface area contributed by atoms with Crippen LogP contribution in [0.15, 0.2) is 65.7 Å². The van der Waals surface area contributed by atoms with E-state index < -0.39 is 13.4 Å². The van der Waals surface area contributed by atoms with E-state index in [1.54, 1.807) is 0 Å². The highest BCUT2D eigenvalue weighted by atomic mass is 35.5. The minimum Gasteiger partial charge on any atom is -0.307 e. The van der Waals surface area contributed by atoms with E-state index in [1.165, 1.54) is 0 Å². The molecule has 0 aliphatic heterocycles. The fourth-order valence-corrected chi connectivity index (χ4v) is 4.83. The summed E-state index contributed by atoms with van der Waals surface area (Å²) < 4.78 is 24.6. The van der Waals surface area contributed by atoms with Crippen molar-refractivity contribution < 1.29 is 13.6 Å². The second-order valence-electron chi connectivity index (χ2n) is 5.90. The maximum atomic E-state index is 13.4. The molecule has 0 radical (unpaired) electrons. The van der Waals surface area contributed by atoms with Crippen molar-refractivity contribution in [3.05, 3.63) is 71.8 Å². The Kier molecular flexibility index (Phi) is 9.23. The minimum atomic E-state index is -3.40. The molecule has 0 aromatic heterocycles. The van der Waals surface area contributed by atoms with Crippen LogP contribution < -0.4 is 0 Å². The zero-order valence-electron chi connectivity index (χ0n) is 15.9. The summed E-state index contributed by atoms with van der Waals surface area (Å²) in [7, 11) is -3.40. The number of hydrogen-bond acceptors (Lipinski definition) is 4. The largest absolute Gasteiger partial charge is 0.354 e. The lowest BCUT2D eigenvalue weighted by Gasteiger charge is -2.24. The molecule has 4 nitrogen and oxygen atoms in total. The number of halogens is 1. The molecule has 27 heavy (non-hydrogen) atoms. The number of benzene rings is 2. The average Bonchev–Trinajstić information content (AvgIpc) is 2.70. The molecule has 0 aliphatic carbocycles. The Morgan fingerprint density at radius 1 is 0.963 bits per heavy atom. The Balaban J connectivity index is 2.55. The van der Waals surface area contributed by atoms with Gasteiger partial charge in [0.15, 0.2) is 5.78 Å². The molecule has 0 bridgehead atoms. The third-order valence-electron chi connectivity index (χ3n) is 3.95. The Hall–Kier alpha value is -1.45. The van der Waals surface area contributed by atoms with E-state index in [0.29, 0.717) is 31.9 Å². The monoisotopic (exact) mass is 407 g/mol. The molecule has 2 aromatic rings. The van der Waals surface area contributed by atoms with Crippen molar-refractivity contribution >= 4 is 24.9 Å². The van der Waals surface area contributed by atoms with Gasteiger partial charge in [-0.3, -0.25) is 9.56 Å². The molecule has 0 heterocycles. The van der Waals surface area contributed by atoms with Gasteiger partial charge in [-0.05, 0) is 26.7 Å². The molecule has 0 saturated heterocycles. The SMILES string of the molecule is CCOP(=O)(OCC)C(CCCCl)N=C(c1ccccc1)c1ccccc1. The second kappa shape index (κ2) is 11.4. The van der Waals surface area contributed by atoms with Gasteiger partial charge in [0.2, 0.25) is 0 Å². The Bertz CT molecular complexity index is 701. The number of hydrogen-bond donors (Lipinski definition) is 0. The van der Waals surface area contributed by atoms with Gasteiger partial charge in [0.05, 0.1) is 18.9 Å². The smallest absolute Gasteiger partial charge is 0.307 e. The molecule has 0 saturated carbocycles. The van der Waals surface area contributed by atoms with E-state index in [-0.39, 0.29) is 0 Å². The van der Waals surface area contributed by atoms with E-state index >= 15 is 0 Å². The van der Waals surface area contributed by atoms with Crippen molar-refractivity contribution in [2.24, 2.45) is 4.99 Å². The number of rotatable bonds is 11. The van der Waals surface area contributed by atoms with Crippen LogP contribution in [0.5, 0.6) is 0 Å². The van der Waals surface area contributed by atoms with Crippen molar-refractivity contribution in [1.29, 1.82) is 0 Å². The normalized spacial score (nSPS) is 12.6. The van der Waals surface area contributed by atoms with Gasteiger partial charge < -0.3 is 9.05 Å². The van der Waals surface area contributed by atoms with Crippen LogP contribution >= 0.6 is 19.2 Å². The topological polar surface area (TPSA) is 47.9 Å². The molecular formula is C21H27ClNO3P. The molecule has 0 fully saturated rings. The van der Waals surface area contributed by atoms with Crippen LogP contribution in [0.3, 0.4) is 0 Å². The van der Waals surface area contributed by atoms with Crippen LogP contribution in [0.1, 0.15) is 37.8 Å². The zero-order chi connectivity index (χ0) is 19.5. The van der Waals surface area contributed by atoms with Crippen LogP contribution in [-0.4, -0.2) is 30.6 Å². The average molecular weight is 408 g/mol. The van der Waals surface area contributed by atoms with Gasteiger partial charge in [0.25, 0.3) is 0 Å². The van der Waals surface area contributed by atoms with Gasteiger partial charge >= 0.3 is 7.60 Å². The van der Waals surface area contributed by atoms with E-state index in [0.717, 1.165) is 16.8 Å². The highest BCUT2D eigenvalue weighted by Gasteiger charge is 2.35. The van der Waals surface area contributed by atoms with Gasteiger partial charge in [0.1, 0.15) is 0 Å². The minimum absolute atomic E-state index is 0.302. The first-order valence-electron chi connectivity index (χ1n) is 9.28. The van der Waals surface area contributed by atoms with Crippen molar-refractivity contribution in [3.63, 3.8) is 0 Å². The second-order valence-corrected chi connectivity index (χ2v) is 8.47. The first-order chi connectivity index (χ1) is 13.1. The van der Waals surface area contributed by atoms with E-state index in [4.69, 9.17) is 25.6 Å². The molecular weight excluding hydrogens is 381 g/mol. The van der Waals surface area contributed by atoms with E-state index in [9.17, 15) is 4.57 Å². The molecule has 1 atom stereocenters. The summed E-state index contributed by atoms with van der Waals surface area (Å²) >= 11 is 5.90. The van der Waals surface area contributed by atoms with Crippen molar-refractivity contribution in [2.45, 2.75) is 32.5 Å². The molecule has 146 valence electrons. The lowest BCUT2D eigenvalue weighted by atomic mass is 10.0. The summed E-state index contributed by atoms with van der Waals surface area (Å²) in [6, 6.07) is 19.8. The molecule has 0 N–H and O–H groups in total. The van der Waals surface area contributed by atoms with Crippen molar-refractivity contribution in [3.8, 4) is 0 Å². The van der Waals surface area contributed by atoms with E-state index in [1.807, 2.05) is 74.5 Å². The first-order valence-corrected chi connectivity index (χ1v) is 11.4. The molecule has 0 amide bonds. The Labute approximate surface area is 167 Å². The summed E-state index contributed by atoms with van der Waals surface area (Å²) in [6.45, 7) is 4.22. The molecule has 6 heteroatoms. The summed E-state index contributed by atoms with van der Waals surface area (Å²) in [5.41, 5.74) is 2.69. The quantitative estimate of drug-likeness (QED) is 0.255. The number of aliphatic imine (C=N–C) groups is 1. The highest BCUT2D eigenvalue weighted by molar-refractivity contribution is 7.54. The predicted molar refractivity (Wildman–Crippen MR) is 113 cm³/mol. The maximum Gasteiger partial charge on any atom is 0.354 e. The van der Waals surface area contributed by atoms with Crippen molar-refractivity contribution in [2.75, 3.05) is 19.1 Å². The van der Waals surface area contributed by atoms with Gasteiger partial charge in [-0.2, -0.15) is 0 Å². The molecule has 2 aromatic carbocycles. The van der Waals surface area contributed by atoms with Crippen LogP contribution in [0, 0.1) is 0 Å². The zero-order valence-corrected chi connectivity index (χ0v) is 17.5. The summed E-state index contributed by atoms with van der Waals surface area (Å²) in [6.07, 6.45) is 1.21. The standard InChI is InChI=1S/C21H27ClNO3P/c1-3-25-27(24,26-4-2)20(16-11-17-22)23-21(18-12-7-5-8-13-18)19-14-9-6-10-15-19/h5-10,12-15,20H,3-4,11,16-17H2,1-2H3. The molecule has 1 unspecified atom stereocenters. The number of alkyl halides is 1. The van der Waals surface area contributed by atoms with Gasteiger partial charge in [-0.15, -0.1) is 11.6 Å².